The molecule has 0 fully saturated rings. The largest absolute Gasteiger partial charge is 0.329 e. The van der Waals surface area contributed by atoms with Crippen LogP contribution in [0.2, 0.25) is 0 Å². The highest BCUT2D eigenvalue weighted by Crippen LogP contribution is 2.29. The maximum Gasteiger partial charge on any atom is 0.318 e. The number of carbonyl (C=O) groups excluding carboxylic acids is 1. The number of thiazole rings is 1. The minimum absolute atomic E-state index is 0.0844. The number of rotatable bonds is 2. The number of carbonyl (C=O) groups is 1. The molecule has 7 nitrogen and oxygen atoms in total. The molecule has 136 valence electrons. The van der Waals surface area contributed by atoms with Gasteiger partial charge in [0.1, 0.15) is 11.1 Å². The van der Waals surface area contributed by atoms with Crippen LogP contribution in [0.15, 0.2) is 6.07 Å². The molecule has 1 aliphatic carbocycles. The Morgan fingerprint density at radius 3 is 3.00 bits per heavy atom. The average molecular weight is 370 g/mol. The van der Waals surface area contributed by atoms with Crippen molar-refractivity contribution in [3.8, 4) is 6.07 Å². The van der Waals surface area contributed by atoms with Gasteiger partial charge in [-0.05, 0) is 45.1 Å². The predicted octanol–water partition coefficient (Wildman–Crippen LogP) is 2.77. The lowest BCUT2D eigenvalue weighted by Gasteiger charge is -2.22. The highest BCUT2D eigenvalue weighted by Gasteiger charge is 2.24. The first kappa shape index (κ1) is 17.0. The summed E-state index contributed by atoms with van der Waals surface area (Å²) in [6, 6.07) is 3.66. The Bertz CT molecular complexity index is 840. The molecule has 0 radical (unpaired) electrons. The Kier molecular flexibility index (Phi) is 4.64. The van der Waals surface area contributed by atoms with Gasteiger partial charge in [0.15, 0.2) is 5.69 Å². The summed E-state index contributed by atoms with van der Waals surface area (Å²) >= 11 is 1.74. The van der Waals surface area contributed by atoms with Gasteiger partial charge in [-0.15, -0.1) is 11.3 Å². The molecule has 4 rings (SSSR count). The number of aromatic nitrogens is 3. The molecule has 0 saturated heterocycles. The fourth-order valence-corrected chi connectivity index (χ4v) is 4.74. The van der Waals surface area contributed by atoms with Gasteiger partial charge in [0.2, 0.25) is 0 Å². The molecular formula is C18H22N6OS. The number of urea groups is 1. The smallest absolute Gasteiger partial charge is 0.318 e. The first-order valence-electron chi connectivity index (χ1n) is 9.15. The third kappa shape index (κ3) is 3.31. The molecule has 2 amide bonds. The zero-order valence-corrected chi connectivity index (χ0v) is 15.7. The number of hydrogen-bond acceptors (Lipinski definition) is 5. The van der Waals surface area contributed by atoms with Crippen LogP contribution in [0.4, 0.5) is 4.79 Å². The summed E-state index contributed by atoms with van der Waals surface area (Å²) in [5.41, 5.74) is 2.54. The van der Waals surface area contributed by atoms with Crippen LogP contribution in [-0.4, -0.2) is 32.2 Å². The zero-order valence-electron chi connectivity index (χ0n) is 14.9. The van der Waals surface area contributed by atoms with E-state index < -0.39 is 0 Å². The lowest BCUT2D eigenvalue weighted by molar-refractivity contribution is 0.192. The number of fused-ring (bicyclic) bond motifs is 2. The fourth-order valence-electron chi connectivity index (χ4n) is 3.59. The highest BCUT2D eigenvalue weighted by molar-refractivity contribution is 7.11. The van der Waals surface area contributed by atoms with Gasteiger partial charge in [-0.1, -0.05) is 0 Å². The fraction of sp³-hybridized carbons (Fsp3) is 0.556. The molecule has 1 N–H and O–H groups in total. The van der Waals surface area contributed by atoms with Crippen LogP contribution >= 0.6 is 11.3 Å². The molecule has 0 spiro atoms. The Morgan fingerprint density at radius 1 is 1.35 bits per heavy atom. The summed E-state index contributed by atoms with van der Waals surface area (Å²) in [6.45, 7) is 3.88. The van der Waals surface area contributed by atoms with Crippen molar-refractivity contribution < 1.29 is 4.79 Å². The van der Waals surface area contributed by atoms with Crippen LogP contribution in [0.25, 0.3) is 0 Å². The van der Waals surface area contributed by atoms with Gasteiger partial charge >= 0.3 is 6.03 Å². The maximum absolute atomic E-state index is 12.8. The van der Waals surface area contributed by atoms with Crippen molar-refractivity contribution in [2.45, 2.75) is 58.2 Å². The Labute approximate surface area is 156 Å². The first-order valence-corrected chi connectivity index (χ1v) is 9.96. The van der Waals surface area contributed by atoms with Crippen LogP contribution in [0.1, 0.15) is 59.2 Å². The third-order valence-electron chi connectivity index (χ3n) is 4.99. The maximum atomic E-state index is 12.8. The van der Waals surface area contributed by atoms with Gasteiger partial charge in [0, 0.05) is 18.0 Å². The normalized spacial score (nSPS) is 17.6. The molecule has 1 aliphatic heterocycles. The molecular weight excluding hydrogens is 348 g/mol. The first-order chi connectivity index (χ1) is 12.6. The van der Waals surface area contributed by atoms with Gasteiger partial charge in [-0.2, -0.15) is 10.4 Å². The molecule has 1 unspecified atom stereocenters. The molecule has 0 bridgehead atoms. The van der Waals surface area contributed by atoms with Crippen LogP contribution in [0, 0.1) is 11.3 Å². The minimum Gasteiger partial charge on any atom is -0.329 e. The molecule has 2 aromatic heterocycles. The Morgan fingerprint density at radius 2 is 2.19 bits per heavy atom. The van der Waals surface area contributed by atoms with Crippen molar-refractivity contribution in [1.29, 1.82) is 5.26 Å². The van der Waals surface area contributed by atoms with Crippen molar-refractivity contribution >= 4 is 17.4 Å². The summed E-state index contributed by atoms with van der Waals surface area (Å²) in [5.74, 6) is 0. The Balaban J connectivity index is 1.44. The third-order valence-corrected chi connectivity index (χ3v) is 6.33. The van der Waals surface area contributed by atoms with Gasteiger partial charge in [0.05, 0.1) is 24.0 Å². The van der Waals surface area contributed by atoms with E-state index in [0.29, 0.717) is 18.8 Å². The molecule has 1 atom stereocenters. The summed E-state index contributed by atoms with van der Waals surface area (Å²) in [4.78, 5) is 20.7. The van der Waals surface area contributed by atoms with Gasteiger partial charge in [0.25, 0.3) is 0 Å². The van der Waals surface area contributed by atoms with E-state index in [4.69, 9.17) is 10.2 Å². The van der Waals surface area contributed by atoms with E-state index in [0.717, 1.165) is 36.5 Å². The van der Waals surface area contributed by atoms with Crippen LogP contribution in [0.3, 0.4) is 0 Å². The SMILES string of the molecule is CC(NC(=O)N1CCCn2nc(C#N)cc2C1)c1nc2c(s1)CCCC2. The van der Waals surface area contributed by atoms with E-state index in [1.165, 1.54) is 23.4 Å². The predicted molar refractivity (Wildman–Crippen MR) is 97.7 cm³/mol. The van der Waals surface area contributed by atoms with Gasteiger partial charge in [-0.3, -0.25) is 4.68 Å². The topological polar surface area (TPSA) is 86.8 Å². The molecule has 8 heteroatoms. The van der Waals surface area contributed by atoms with E-state index >= 15 is 0 Å². The standard InChI is InChI=1S/C18H22N6OS/c1-12(17-21-15-5-2-3-6-16(15)26-17)20-18(25)23-7-4-8-24-14(11-23)9-13(10-19)22-24/h9,12H,2-8,11H2,1H3,(H,20,25). The number of hydrogen-bond donors (Lipinski definition) is 1. The summed E-state index contributed by atoms with van der Waals surface area (Å²) in [7, 11) is 0. The van der Waals surface area contributed by atoms with E-state index in [9.17, 15) is 4.79 Å². The van der Waals surface area contributed by atoms with Crippen LogP contribution in [0.5, 0.6) is 0 Å². The summed E-state index contributed by atoms with van der Waals surface area (Å²) in [6.07, 6.45) is 5.45. The lowest BCUT2D eigenvalue weighted by Crippen LogP contribution is -2.40. The van der Waals surface area contributed by atoms with Gasteiger partial charge < -0.3 is 10.2 Å². The second-order valence-electron chi connectivity index (χ2n) is 6.93. The van der Waals surface area contributed by atoms with Crippen LogP contribution in [-0.2, 0) is 25.9 Å². The summed E-state index contributed by atoms with van der Waals surface area (Å²) in [5, 5.41) is 17.4. The van der Waals surface area contributed by atoms with E-state index in [1.54, 1.807) is 22.3 Å². The number of nitriles is 1. The molecule has 3 heterocycles. The quantitative estimate of drug-likeness (QED) is 0.880. The van der Waals surface area contributed by atoms with Crippen molar-refractivity contribution in [2.75, 3.05) is 6.54 Å². The van der Waals surface area contributed by atoms with E-state index in [1.807, 2.05) is 11.6 Å². The molecule has 2 aliphatic rings. The number of amides is 2. The van der Waals surface area contributed by atoms with E-state index in [-0.39, 0.29) is 12.1 Å². The molecule has 2 aromatic rings. The lowest BCUT2D eigenvalue weighted by atomic mass is 10.0. The van der Waals surface area contributed by atoms with Crippen LogP contribution < -0.4 is 5.32 Å². The summed E-state index contributed by atoms with van der Waals surface area (Å²) < 4.78 is 1.84. The van der Waals surface area contributed by atoms with E-state index in [2.05, 4.69) is 16.5 Å². The monoisotopic (exact) mass is 370 g/mol. The van der Waals surface area contributed by atoms with Crippen molar-refractivity contribution in [1.82, 2.24) is 25.0 Å². The van der Waals surface area contributed by atoms with Gasteiger partial charge in [-0.25, -0.2) is 9.78 Å². The highest BCUT2D eigenvalue weighted by atomic mass is 32.1. The second kappa shape index (κ2) is 7.08. The van der Waals surface area contributed by atoms with Crippen molar-refractivity contribution in [2.24, 2.45) is 0 Å². The van der Waals surface area contributed by atoms with Crippen molar-refractivity contribution in [3.63, 3.8) is 0 Å². The number of aryl methyl sites for hydroxylation is 3. The number of nitrogens with one attached hydrogen (secondary N) is 1. The molecule has 0 aromatic carbocycles. The minimum atomic E-state index is -0.0964. The number of nitrogens with zero attached hydrogens (tertiary/aromatic N) is 5. The molecule has 0 saturated carbocycles. The van der Waals surface area contributed by atoms with Crippen molar-refractivity contribution in [3.05, 3.63) is 33.0 Å². The average Bonchev–Trinajstić information content (AvgIpc) is 3.20. The second-order valence-corrected chi connectivity index (χ2v) is 8.05. The zero-order chi connectivity index (χ0) is 18.1. The Hall–Kier alpha value is -2.40. The molecule has 26 heavy (non-hydrogen) atoms.